The lowest BCUT2D eigenvalue weighted by Gasteiger charge is -2.34. The van der Waals surface area contributed by atoms with E-state index in [1.54, 1.807) is 10.4 Å². The number of halogens is 3. The van der Waals surface area contributed by atoms with Gasteiger partial charge in [0.1, 0.15) is 25.3 Å². The third-order valence-corrected chi connectivity index (χ3v) is 16.1. The van der Waals surface area contributed by atoms with E-state index in [-0.39, 0.29) is 21.2 Å². The molecule has 0 amide bonds. The summed E-state index contributed by atoms with van der Waals surface area (Å²) in [4.78, 5) is 28.6. The molecule has 5 rings (SSSR count). The van der Waals surface area contributed by atoms with Gasteiger partial charge in [-0.1, -0.05) is 43.0 Å². The molecule has 0 spiro atoms. The highest BCUT2D eigenvalue weighted by molar-refractivity contribution is 9.11. The van der Waals surface area contributed by atoms with Crippen LogP contribution in [0.4, 0.5) is 11.5 Å². The van der Waals surface area contributed by atoms with Crippen LogP contribution in [-0.4, -0.2) is 74.3 Å². The molecule has 1 atom stereocenters. The van der Waals surface area contributed by atoms with Crippen LogP contribution in [0.3, 0.4) is 0 Å². The molecule has 2 saturated heterocycles. The van der Waals surface area contributed by atoms with Gasteiger partial charge in [0, 0.05) is 49.0 Å². The number of nitro benzene ring substituents is 1. The maximum Gasteiger partial charge on any atom is 0.322 e. The predicted octanol–water partition coefficient (Wildman–Crippen LogP) is 6.69. The Morgan fingerprint density at radius 2 is 1.62 bits per heavy atom. The van der Waals surface area contributed by atoms with E-state index >= 15 is 0 Å². The molecule has 0 bridgehead atoms. The maximum atomic E-state index is 13.1. The lowest BCUT2D eigenvalue weighted by atomic mass is 9.87. The lowest BCUT2D eigenvalue weighted by Crippen LogP contribution is -2.42. The number of hydrogen-bond donors (Lipinski definition) is 2. The second kappa shape index (κ2) is 16.7. The number of nitro groups is 1. The molecule has 2 fully saturated rings. The third-order valence-electron chi connectivity index (χ3n) is 9.22. The first-order chi connectivity index (χ1) is 23.6. The number of thiophene rings is 1. The number of aromatic nitrogens is 1. The van der Waals surface area contributed by atoms with Crippen LogP contribution in [0, 0.1) is 22.0 Å². The average molecular weight is 898 g/mol. The number of sulfonamides is 2. The first-order valence-electron chi connectivity index (χ1n) is 16.0. The van der Waals surface area contributed by atoms with Crippen LogP contribution in [0.15, 0.2) is 60.6 Å². The van der Waals surface area contributed by atoms with Gasteiger partial charge in [-0.15, -0.1) is 11.3 Å². The lowest BCUT2D eigenvalue weighted by molar-refractivity contribution is -0.384. The van der Waals surface area contributed by atoms with Gasteiger partial charge in [0.15, 0.2) is 0 Å². The summed E-state index contributed by atoms with van der Waals surface area (Å²) >= 11 is 13.9. The smallest absolute Gasteiger partial charge is 0.322 e. The van der Waals surface area contributed by atoms with Crippen molar-refractivity contribution in [3.05, 3.63) is 71.6 Å². The van der Waals surface area contributed by atoms with Gasteiger partial charge in [-0.25, -0.2) is 21.8 Å². The van der Waals surface area contributed by atoms with Crippen molar-refractivity contribution < 1.29 is 31.7 Å². The molecule has 1 aromatic carbocycles. The van der Waals surface area contributed by atoms with Crippen molar-refractivity contribution in [2.45, 2.75) is 66.5 Å². The molecule has 2 aliphatic heterocycles. The van der Waals surface area contributed by atoms with Gasteiger partial charge in [-0.3, -0.25) is 14.9 Å². The minimum absolute atomic E-state index is 0.155. The summed E-state index contributed by atoms with van der Waals surface area (Å²) in [5.74, 6) is 0.281. The van der Waals surface area contributed by atoms with Crippen molar-refractivity contribution in [1.29, 1.82) is 0 Å². The van der Waals surface area contributed by atoms with E-state index in [4.69, 9.17) is 11.6 Å². The first kappa shape index (κ1) is 39.0. The van der Waals surface area contributed by atoms with E-state index in [0.717, 1.165) is 69.4 Å². The number of nitrogens with one attached hydrogen (secondary N) is 1. The number of pyridine rings is 1. The van der Waals surface area contributed by atoms with Crippen LogP contribution in [-0.2, 0) is 31.3 Å². The van der Waals surface area contributed by atoms with Gasteiger partial charge >= 0.3 is 5.97 Å². The number of piperidine rings is 2. The first-order valence-corrected chi connectivity index (χ1v) is 21.7. The number of carbonyl (C=O) groups is 1. The number of nitrogens with zero attached hydrogens (tertiary/aromatic N) is 4. The van der Waals surface area contributed by atoms with E-state index < -0.39 is 37.0 Å². The van der Waals surface area contributed by atoms with Gasteiger partial charge in [-0.05, 0) is 93.5 Å². The van der Waals surface area contributed by atoms with Gasteiger partial charge in [-0.2, -0.15) is 9.03 Å². The van der Waals surface area contributed by atoms with Crippen molar-refractivity contribution >= 4 is 92.3 Å². The molecule has 19 heteroatoms. The van der Waals surface area contributed by atoms with E-state index in [9.17, 15) is 36.9 Å². The number of rotatable bonds is 14. The van der Waals surface area contributed by atoms with Crippen LogP contribution in [0.1, 0.15) is 50.5 Å². The van der Waals surface area contributed by atoms with E-state index in [0.29, 0.717) is 49.6 Å². The summed E-state index contributed by atoms with van der Waals surface area (Å²) in [6.07, 6.45) is 7.87. The van der Waals surface area contributed by atoms with Crippen LogP contribution < -0.4 is 9.62 Å². The Labute approximate surface area is 316 Å². The quantitative estimate of drug-likeness (QED) is 0.131. The highest BCUT2D eigenvalue weighted by Crippen LogP contribution is 2.38. The molecule has 50 heavy (non-hydrogen) atoms. The second-order valence-electron chi connectivity index (χ2n) is 12.5. The number of benzene rings is 1. The fourth-order valence-corrected chi connectivity index (χ4v) is 12.2. The average Bonchev–Trinajstić information content (AvgIpc) is 3.43. The Morgan fingerprint density at radius 1 is 1.02 bits per heavy atom. The Hall–Kier alpha value is -2.19. The topological polar surface area (TPSA) is 180 Å². The summed E-state index contributed by atoms with van der Waals surface area (Å²) in [6.45, 7) is 2.55. The zero-order valence-electron chi connectivity index (χ0n) is 26.7. The number of non-ortho nitro benzene ring substituents is 1. The van der Waals surface area contributed by atoms with E-state index in [2.05, 4.69) is 46.5 Å². The number of aliphatic carboxylic acids is 1. The number of hydrogen-bond acceptors (Lipinski definition) is 10. The van der Waals surface area contributed by atoms with Gasteiger partial charge in [0.25, 0.3) is 15.7 Å². The second-order valence-corrected chi connectivity index (χ2v) is 19.8. The predicted molar refractivity (Wildman–Crippen MR) is 198 cm³/mol. The SMILES string of the molecule is O=C(O)[C@H](Cc1ccc([N+](=O)[O-])cc1)NS(=O)(=O)c1cnc(N2CCC(CCCC3CCN(S(=O)(=O)c4cc(Br)c(Cl)s4)CC3)CC2)c(Br)c1. The summed E-state index contributed by atoms with van der Waals surface area (Å²) in [5, 5.41) is 20.6. The zero-order valence-corrected chi connectivity index (χ0v) is 33.1. The Bertz CT molecular complexity index is 1900. The monoisotopic (exact) mass is 895 g/mol. The minimum Gasteiger partial charge on any atom is -0.480 e. The van der Waals surface area contributed by atoms with Crippen LogP contribution in [0.5, 0.6) is 0 Å². The van der Waals surface area contributed by atoms with Crippen LogP contribution in [0.25, 0.3) is 0 Å². The van der Waals surface area contributed by atoms with E-state index in [1.807, 2.05) is 0 Å². The Kier molecular flexibility index (Phi) is 13.0. The summed E-state index contributed by atoms with van der Waals surface area (Å²) < 4.78 is 57.8. The highest BCUT2D eigenvalue weighted by Gasteiger charge is 2.32. The molecule has 2 N–H and O–H groups in total. The molecule has 2 aliphatic rings. The number of carboxylic acid groups (broad SMARTS) is 1. The Balaban J connectivity index is 1.07. The summed E-state index contributed by atoms with van der Waals surface area (Å²) in [5.41, 5.74) is 0.268. The molecule has 0 aliphatic carbocycles. The largest absolute Gasteiger partial charge is 0.480 e. The minimum atomic E-state index is -4.26. The van der Waals surface area contributed by atoms with Crippen molar-refractivity contribution in [2.24, 2.45) is 11.8 Å². The van der Waals surface area contributed by atoms with Gasteiger partial charge in [0.05, 0.1) is 9.40 Å². The van der Waals surface area contributed by atoms with Crippen molar-refractivity contribution in [3.63, 3.8) is 0 Å². The summed E-state index contributed by atoms with van der Waals surface area (Å²) in [6, 6.07) is 6.73. The fraction of sp³-hybridized carbons (Fsp3) is 0.484. The molecule has 4 heterocycles. The Morgan fingerprint density at radius 3 is 2.14 bits per heavy atom. The van der Waals surface area contributed by atoms with E-state index in [1.165, 1.54) is 36.5 Å². The van der Waals surface area contributed by atoms with Gasteiger partial charge in [0.2, 0.25) is 10.0 Å². The summed E-state index contributed by atoms with van der Waals surface area (Å²) in [7, 11) is -7.79. The van der Waals surface area contributed by atoms with Crippen LogP contribution >= 0.6 is 54.8 Å². The maximum absolute atomic E-state index is 13.1. The molecular weight excluding hydrogens is 862 g/mol. The third kappa shape index (κ3) is 9.61. The molecule has 0 saturated carbocycles. The molecule has 0 radical (unpaired) electrons. The molecule has 2 aromatic heterocycles. The van der Waals surface area contributed by atoms with Crippen molar-refractivity contribution in [2.75, 3.05) is 31.1 Å². The number of carboxylic acids is 1. The molecule has 3 aromatic rings. The normalized spacial score (nSPS) is 17.5. The molecular formula is C31H36Br2ClN5O8S3. The zero-order chi connectivity index (χ0) is 36.2. The molecule has 0 unspecified atom stereocenters. The fourth-order valence-electron chi connectivity index (χ4n) is 6.37. The molecule has 13 nitrogen and oxygen atoms in total. The standard InChI is InChI=1S/C31H36Br2ClN5O8S3/c32-25-18-28(48-29(25)34)50(46,47)38-14-10-21(11-15-38)3-1-2-20-8-12-37(13-9-20)30-26(33)17-24(19-35-30)49(44,45)36-27(31(40)41)16-22-4-6-23(7-5-22)39(42)43/h4-7,17-21,27,36H,1-3,8-16H2,(H,40,41)/t27-/m0/s1. The highest BCUT2D eigenvalue weighted by atomic mass is 79.9. The van der Waals surface area contributed by atoms with Crippen molar-refractivity contribution in [1.82, 2.24) is 14.0 Å². The van der Waals surface area contributed by atoms with Crippen LogP contribution in [0.2, 0.25) is 4.34 Å². The molecule has 272 valence electrons. The van der Waals surface area contributed by atoms with Gasteiger partial charge < -0.3 is 10.0 Å². The van der Waals surface area contributed by atoms with Crippen molar-refractivity contribution in [3.8, 4) is 0 Å². The number of anilines is 1.